The molecule has 0 aliphatic rings. The highest BCUT2D eigenvalue weighted by Gasteiger charge is 2.20. The van der Waals surface area contributed by atoms with Crippen molar-refractivity contribution in [2.45, 2.75) is 6.92 Å². The maximum absolute atomic E-state index is 14.4. The molecule has 0 saturated carbocycles. The van der Waals surface area contributed by atoms with Crippen LogP contribution in [0.3, 0.4) is 0 Å². The van der Waals surface area contributed by atoms with Crippen LogP contribution < -0.4 is 5.73 Å². The minimum absolute atomic E-state index is 0.247. The molecule has 20 heavy (non-hydrogen) atoms. The summed E-state index contributed by atoms with van der Waals surface area (Å²) in [7, 11) is 1.77. The molecule has 0 spiro atoms. The van der Waals surface area contributed by atoms with Gasteiger partial charge in [0, 0.05) is 17.5 Å². The van der Waals surface area contributed by atoms with E-state index in [1.807, 2.05) is 23.6 Å². The molecule has 0 fully saturated rings. The van der Waals surface area contributed by atoms with Gasteiger partial charge in [-0.2, -0.15) is 5.10 Å². The van der Waals surface area contributed by atoms with Crippen molar-refractivity contribution in [3.8, 4) is 21.7 Å². The second-order valence-corrected chi connectivity index (χ2v) is 5.59. The van der Waals surface area contributed by atoms with Crippen molar-refractivity contribution in [3.05, 3.63) is 47.1 Å². The minimum atomic E-state index is -0.247. The van der Waals surface area contributed by atoms with Crippen molar-refractivity contribution >= 4 is 17.2 Å². The Morgan fingerprint density at radius 2 is 2.05 bits per heavy atom. The molecule has 0 bridgehead atoms. The van der Waals surface area contributed by atoms with Gasteiger partial charge < -0.3 is 5.73 Å². The fourth-order valence-corrected chi connectivity index (χ4v) is 3.00. The molecule has 3 nitrogen and oxygen atoms in total. The third kappa shape index (κ3) is 1.91. The predicted molar refractivity (Wildman–Crippen MR) is 81.1 cm³/mol. The summed E-state index contributed by atoms with van der Waals surface area (Å²) in [6.45, 7) is 1.75. The molecule has 3 rings (SSSR count). The highest BCUT2D eigenvalue weighted by Crippen LogP contribution is 2.39. The van der Waals surface area contributed by atoms with E-state index in [-0.39, 0.29) is 5.82 Å². The average molecular weight is 287 g/mol. The number of benzene rings is 1. The Bertz CT molecular complexity index is 760. The van der Waals surface area contributed by atoms with Gasteiger partial charge in [0.1, 0.15) is 17.3 Å². The monoisotopic (exact) mass is 287 g/mol. The van der Waals surface area contributed by atoms with Crippen molar-refractivity contribution in [2.75, 3.05) is 5.73 Å². The SMILES string of the molecule is Cc1cccc(-c2nn(C)c(N)c2-c2cccs2)c1F. The lowest BCUT2D eigenvalue weighted by atomic mass is 10.0. The minimum Gasteiger partial charge on any atom is -0.383 e. The van der Waals surface area contributed by atoms with Gasteiger partial charge in [-0.15, -0.1) is 11.3 Å². The summed E-state index contributed by atoms with van der Waals surface area (Å²) in [6, 6.07) is 9.23. The van der Waals surface area contributed by atoms with Crippen molar-refractivity contribution < 1.29 is 4.39 Å². The number of thiophene rings is 1. The van der Waals surface area contributed by atoms with Crippen LogP contribution in [0.15, 0.2) is 35.7 Å². The smallest absolute Gasteiger partial charge is 0.135 e. The van der Waals surface area contributed by atoms with Crippen LogP contribution in [0.1, 0.15) is 5.56 Å². The topological polar surface area (TPSA) is 43.8 Å². The zero-order valence-electron chi connectivity index (χ0n) is 11.2. The number of nitrogen functional groups attached to an aromatic ring is 1. The third-order valence-corrected chi connectivity index (χ3v) is 4.19. The maximum atomic E-state index is 14.4. The van der Waals surface area contributed by atoms with E-state index >= 15 is 0 Å². The molecular weight excluding hydrogens is 273 g/mol. The van der Waals surface area contributed by atoms with Gasteiger partial charge in [-0.1, -0.05) is 18.2 Å². The Labute approximate surface area is 120 Å². The molecule has 0 saturated heterocycles. The zero-order valence-corrected chi connectivity index (χ0v) is 12.0. The first-order valence-corrected chi connectivity index (χ1v) is 7.09. The van der Waals surface area contributed by atoms with E-state index in [0.717, 1.165) is 10.4 Å². The number of aryl methyl sites for hydroxylation is 2. The number of nitrogens with two attached hydrogens (primary N) is 1. The Morgan fingerprint density at radius 3 is 2.75 bits per heavy atom. The third-order valence-electron chi connectivity index (χ3n) is 3.31. The van der Waals surface area contributed by atoms with E-state index in [1.54, 1.807) is 42.1 Å². The van der Waals surface area contributed by atoms with Crippen LogP contribution in [0.4, 0.5) is 10.2 Å². The Balaban J connectivity index is 2.30. The highest BCUT2D eigenvalue weighted by molar-refractivity contribution is 7.13. The number of anilines is 1. The first-order chi connectivity index (χ1) is 9.59. The van der Waals surface area contributed by atoms with Crippen LogP contribution in [0.25, 0.3) is 21.7 Å². The number of nitrogens with zero attached hydrogens (tertiary/aromatic N) is 2. The number of hydrogen-bond acceptors (Lipinski definition) is 3. The Hall–Kier alpha value is -2.14. The molecule has 5 heteroatoms. The van der Waals surface area contributed by atoms with Crippen LogP contribution in [0.5, 0.6) is 0 Å². The summed E-state index contributed by atoms with van der Waals surface area (Å²) < 4.78 is 16.0. The second-order valence-electron chi connectivity index (χ2n) is 4.65. The van der Waals surface area contributed by atoms with Crippen LogP contribution in [0, 0.1) is 12.7 Å². The van der Waals surface area contributed by atoms with E-state index in [4.69, 9.17) is 5.73 Å². The largest absolute Gasteiger partial charge is 0.383 e. The van der Waals surface area contributed by atoms with Crippen molar-refractivity contribution in [1.29, 1.82) is 0 Å². The van der Waals surface area contributed by atoms with Gasteiger partial charge >= 0.3 is 0 Å². The van der Waals surface area contributed by atoms with E-state index in [2.05, 4.69) is 5.10 Å². The fraction of sp³-hybridized carbons (Fsp3) is 0.133. The van der Waals surface area contributed by atoms with Gasteiger partial charge in [0.25, 0.3) is 0 Å². The van der Waals surface area contributed by atoms with E-state index in [1.165, 1.54) is 0 Å². The molecule has 0 aliphatic carbocycles. The molecule has 0 amide bonds. The van der Waals surface area contributed by atoms with Gasteiger partial charge in [0.15, 0.2) is 0 Å². The number of rotatable bonds is 2. The molecule has 0 radical (unpaired) electrons. The quantitative estimate of drug-likeness (QED) is 0.778. The summed E-state index contributed by atoms with van der Waals surface area (Å²) in [4.78, 5) is 0.992. The first-order valence-electron chi connectivity index (χ1n) is 6.21. The maximum Gasteiger partial charge on any atom is 0.135 e. The van der Waals surface area contributed by atoms with Crippen LogP contribution in [0.2, 0.25) is 0 Å². The summed E-state index contributed by atoms with van der Waals surface area (Å²) in [5.74, 6) is 0.298. The summed E-state index contributed by atoms with van der Waals surface area (Å²) in [6.07, 6.45) is 0. The van der Waals surface area contributed by atoms with Crippen LogP contribution in [-0.4, -0.2) is 9.78 Å². The van der Waals surface area contributed by atoms with E-state index < -0.39 is 0 Å². The number of halogens is 1. The zero-order chi connectivity index (χ0) is 14.3. The van der Waals surface area contributed by atoms with Gasteiger partial charge in [-0.05, 0) is 30.0 Å². The summed E-state index contributed by atoms with van der Waals surface area (Å²) in [5, 5.41) is 6.37. The first kappa shape index (κ1) is 12.9. The van der Waals surface area contributed by atoms with Crippen LogP contribution in [-0.2, 0) is 7.05 Å². The molecule has 3 aromatic rings. The van der Waals surface area contributed by atoms with Gasteiger partial charge in [0.2, 0.25) is 0 Å². The van der Waals surface area contributed by atoms with E-state index in [9.17, 15) is 4.39 Å². The predicted octanol–water partition coefficient (Wildman–Crippen LogP) is 3.85. The van der Waals surface area contributed by atoms with Crippen molar-refractivity contribution in [1.82, 2.24) is 9.78 Å². The molecular formula is C15H14FN3S. The van der Waals surface area contributed by atoms with Gasteiger partial charge in [0.05, 0.1) is 5.56 Å². The fourth-order valence-electron chi connectivity index (χ4n) is 2.22. The standard InChI is InChI=1S/C15H14FN3S/c1-9-5-3-6-10(13(9)16)14-12(11-7-4-8-20-11)15(17)19(2)18-14/h3-8H,17H2,1-2H3. The van der Waals surface area contributed by atoms with Crippen molar-refractivity contribution in [2.24, 2.45) is 7.05 Å². The lowest BCUT2D eigenvalue weighted by Crippen LogP contribution is -1.97. The lowest BCUT2D eigenvalue weighted by molar-refractivity contribution is 0.621. The molecule has 0 unspecified atom stereocenters. The Morgan fingerprint density at radius 1 is 1.25 bits per heavy atom. The average Bonchev–Trinajstić information content (AvgIpc) is 3.03. The van der Waals surface area contributed by atoms with Crippen LogP contribution >= 0.6 is 11.3 Å². The summed E-state index contributed by atoms with van der Waals surface area (Å²) >= 11 is 1.57. The van der Waals surface area contributed by atoms with Crippen molar-refractivity contribution in [3.63, 3.8) is 0 Å². The number of hydrogen-bond donors (Lipinski definition) is 1. The highest BCUT2D eigenvalue weighted by atomic mass is 32.1. The molecule has 0 aliphatic heterocycles. The summed E-state index contributed by atoms with van der Waals surface area (Å²) in [5.41, 5.74) is 8.58. The molecule has 2 heterocycles. The molecule has 0 atom stereocenters. The Kier molecular flexibility index (Phi) is 3.06. The lowest BCUT2D eigenvalue weighted by Gasteiger charge is -2.05. The van der Waals surface area contributed by atoms with Gasteiger partial charge in [-0.25, -0.2) is 4.39 Å². The molecule has 102 valence electrons. The normalized spacial score (nSPS) is 10.9. The second kappa shape index (κ2) is 4.76. The van der Waals surface area contributed by atoms with E-state index in [0.29, 0.717) is 22.6 Å². The van der Waals surface area contributed by atoms with Gasteiger partial charge in [-0.3, -0.25) is 4.68 Å². The molecule has 2 aromatic heterocycles. The number of aromatic nitrogens is 2. The molecule has 2 N–H and O–H groups in total. The molecule has 1 aromatic carbocycles.